The molecule has 0 saturated carbocycles. The minimum absolute atomic E-state index is 0.0300. The van der Waals surface area contributed by atoms with Crippen LogP contribution in [-0.2, 0) is 25.7 Å². The molecule has 0 N–H and O–H groups in total. The van der Waals surface area contributed by atoms with Crippen molar-refractivity contribution in [1.29, 1.82) is 0 Å². The smallest absolute Gasteiger partial charge is 0.193 e. The predicted molar refractivity (Wildman–Crippen MR) is 147 cm³/mol. The second kappa shape index (κ2) is 11.7. The molecule has 0 radical (unpaired) electrons. The van der Waals surface area contributed by atoms with Gasteiger partial charge in [0, 0.05) is 11.1 Å². The summed E-state index contributed by atoms with van der Waals surface area (Å²) >= 11 is 0. The first-order valence-corrected chi connectivity index (χ1v) is 12.9. The summed E-state index contributed by atoms with van der Waals surface area (Å²) in [7, 11) is 0. The zero-order valence-corrected chi connectivity index (χ0v) is 21.6. The highest BCUT2D eigenvalue weighted by atomic mass is 16.5. The lowest BCUT2D eigenvalue weighted by atomic mass is 10.0. The number of hydrogen-bond acceptors (Lipinski definition) is 3. The molecule has 0 heterocycles. The third-order valence-electron chi connectivity index (χ3n) is 6.62. The molecule has 0 aliphatic carbocycles. The first-order chi connectivity index (χ1) is 17.6. The molecule has 4 aromatic carbocycles. The van der Waals surface area contributed by atoms with Gasteiger partial charge in [-0.05, 0) is 109 Å². The van der Waals surface area contributed by atoms with Crippen molar-refractivity contribution in [3.8, 4) is 23.0 Å². The summed E-state index contributed by atoms with van der Waals surface area (Å²) in [6.07, 6.45) is 3.78. The van der Waals surface area contributed by atoms with E-state index in [1.807, 2.05) is 72.8 Å². The Balaban J connectivity index is 1.46. The largest absolute Gasteiger partial charge is 0.457 e. The Bertz CT molecular complexity index is 1220. The van der Waals surface area contributed by atoms with Crippen molar-refractivity contribution in [3.05, 3.63) is 118 Å². The molecule has 3 heteroatoms. The van der Waals surface area contributed by atoms with Crippen LogP contribution in [-0.4, -0.2) is 5.78 Å². The van der Waals surface area contributed by atoms with Gasteiger partial charge in [0.05, 0.1) is 0 Å². The van der Waals surface area contributed by atoms with Crippen LogP contribution in [0.4, 0.5) is 0 Å². The van der Waals surface area contributed by atoms with E-state index in [-0.39, 0.29) is 5.78 Å². The maximum atomic E-state index is 13.1. The van der Waals surface area contributed by atoms with Crippen LogP contribution in [0.25, 0.3) is 0 Å². The van der Waals surface area contributed by atoms with E-state index in [4.69, 9.17) is 9.47 Å². The van der Waals surface area contributed by atoms with Crippen LogP contribution >= 0.6 is 0 Å². The minimum atomic E-state index is -0.0300. The molecule has 0 fully saturated rings. The first-order valence-electron chi connectivity index (χ1n) is 12.9. The van der Waals surface area contributed by atoms with Crippen molar-refractivity contribution in [1.82, 2.24) is 0 Å². The van der Waals surface area contributed by atoms with Gasteiger partial charge in [0.15, 0.2) is 5.78 Å². The van der Waals surface area contributed by atoms with Crippen molar-refractivity contribution in [2.75, 3.05) is 0 Å². The lowest BCUT2D eigenvalue weighted by Gasteiger charge is -2.14. The maximum absolute atomic E-state index is 13.1. The van der Waals surface area contributed by atoms with Crippen molar-refractivity contribution in [2.24, 2.45) is 0 Å². The maximum Gasteiger partial charge on any atom is 0.193 e. The molecule has 0 bridgehead atoms. The van der Waals surface area contributed by atoms with E-state index in [2.05, 4.69) is 39.8 Å². The summed E-state index contributed by atoms with van der Waals surface area (Å²) in [6, 6.07) is 27.1. The Morgan fingerprint density at radius 3 is 1.25 bits per heavy atom. The number of ether oxygens (including phenoxy) is 2. The van der Waals surface area contributed by atoms with Crippen LogP contribution in [0, 0.1) is 0 Å². The average Bonchev–Trinajstić information content (AvgIpc) is 2.93. The van der Waals surface area contributed by atoms with Gasteiger partial charge in [-0.25, -0.2) is 0 Å². The molecule has 4 rings (SSSR count). The van der Waals surface area contributed by atoms with Crippen LogP contribution in [0.1, 0.15) is 65.9 Å². The molecule has 36 heavy (non-hydrogen) atoms. The summed E-state index contributed by atoms with van der Waals surface area (Å²) in [5.41, 5.74) is 6.32. The van der Waals surface area contributed by atoms with Crippen molar-refractivity contribution < 1.29 is 14.3 Å². The third-order valence-corrected chi connectivity index (χ3v) is 6.62. The van der Waals surface area contributed by atoms with E-state index in [9.17, 15) is 4.79 Å². The molecule has 0 atom stereocenters. The SMILES string of the molecule is CCc1cccc(Oc2ccc(C(=O)c3ccc(Oc4cccc(CC)c4CC)cc3)cc2)c1CC. The molecule has 0 aliphatic heterocycles. The summed E-state index contributed by atoms with van der Waals surface area (Å²) in [5, 5.41) is 0. The fraction of sp³-hybridized carbons (Fsp3) is 0.242. The highest BCUT2D eigenvalue weighted by Gasteiger charge is 2.13. The fourth-order valence-corrected chi connectivity index (χ4v) is 4.65. The van der Waals surface area contributed by atoms with Crippen LogP contribution < -0.4 is 9.47 Å². The lowest BCUT2D eigenvalue weighted by molar-refractivity contribution is 0.103. The van der Waals surface area contributed by atoms with Gasteiger partial charge < -0.3 is 9.47 Å². The lowest BCUT2D eigenvalue weighted by Crippen LogP contribution is -2.01. The topological polar surface area (TPSA) is 35.5 Å². The van der Waals surface area contributed by atoms with E-state index in [0.717, 1.165) is 48.7 Å². The van der Waals surface area contributed by atoms with Gasteiger partial charge in [-0.3, -0.25) is 4.79 Å². The second-order valence-corrected chi connectivity index (χ2v) is 8.78. The van der Waals surface area contributed by atoms with Gasteiger partial charge in [-0.2, -0.15) is 0 Å². The van der Waals surface area contributed by atoms with Crippen molar-refractivity contribution in [2.45, 2.75) is 53.4 Å². The van der Waals surface area contributed by atoms with Gasteiger partial charge in [0.25, 0.3) is 0 Å². The quantitative estimate of drug-likeness (QED) is 0.214. The van der Waals surface area contributed by atoms with E-state index in [1.165, 1.54) is 22.3 Å². The molecule has 184 valence electrons. The zero-order chi connectivity index (χ0) is 25.5. The molecule has 3 nitrogen and oxygen atoms in total. The molecular formula is C33H34O3. The van der Waals surface area contributed by atoms with E-state index < -0.39 is 0 Å². The summed E-state index contributed by atoms with van der Waals surface area (Å²) in [6.45, 7) is 8.60. The van der Waals surface area contributed by atoms with Crippen LogP contribution in [0.3, 0.4) is 0 Å². The minimum Gasteiger partial charge on any atom is -0.457 e. The Morgan fingerprint density at radius 1 is 0.528 bits per heavy atom. The number of hydrogen-bond donors (Lipinski definition) is 0. The van der Waals surface area contributed by atoms with E-state index in [1.54, 1.807) is 0 Å². The van der Waals surface area contributed by atoms with Gasteiger partial charge in [-0.15, -0.1) is 0 Å². The average molecular weight is 479 g/mol. The Labute approximate surface area is 214 Å². The fourth-order valence-electron chi connectivity index (χ4n) is 4.65. The van der Waals surface area contributed by atoms with Gasteiger partial charge in [0.1, 0.15) is 23.0 Å². The van der Waals surface area contributed by atoms with Gasteiger partial charge in [-0.1, -0.05) is 52.0 Å². The first kappa shape index (κ1) is 25.2. The number of aryl methyl sites for hydroxylation is 2. The van der Waals surface area contributed by atoms with Crippen LogP contribution in [0.5, 0.6) is 23.0 Å². The number of carbonyl (C=O) groups is 1. The van der Waals surface area contributed by atoms with Crippen LogP contribution in [0.2, 0.25) is 0 Å². The summed E-state index contributed by atoms with van der Waals surface area (Å²) < 4.78 is 12.3. The van der Waals surface area contributed by atoms with Gasteiger partial charge >= 0.3 is 0 Å². The normalized spacial score (nSPS) is 10.8. The molecule has 4 aromatic rings. The molecule has 0 amide bonds. The number of carbonyl (C=O) groups excluding carboxylic acids is 1. The predicted octanol–water partition coefficient (Wildman–Crippen LogP) is 8.75. The third kappa shape index (κ3) is 5.52. The number of ketones is 1. The molecule has 0 unspecified atom stereocenters. The second-order valence-electron chi connectivity index (χ2n) is 8.78. The Hall–Kier alpha value is -3.85. The van der Waals surface area contributed by atoms with E-state index >= 15 is 0 Å². The molecule has 0 aliphatic rings. The van der Waals surface area contributed by atoms with Crippen molar-refractivity contribution in [3.63, 3.8) is 0 Å². The van der Waals surface area contributed by atoms with Crippen LogP contribution in [0.15, 0.2) is 84.9 Å². The number of benzene rings is 4. The van der Waals surface area contributed by atoms with Gasteiger partial charge in [0.2, 0.25) is 0 Å². The number of rotatable bonds is 10. The molecule has 0 spiro atoms. The Kier molecular flexibility index (Phi) is 8.22. The van der Waals surface area contributed by atoms with E-state index in [0.29, 0.717) is 11.1 Å². The molecular weight excluding hydrogens is 444 g/mol. The summed E-state index contributed by atoms with van der Waals surface area (Å²) in [4.78, 5) is 13.1. The monoisotopic (exact) mass is 478 g/mol. The molecule has 0 saturated heterocycles. The molecule has 0 aromatic heterocycles. The zero-order valence-electron chi connectivity index (χ0n) is 21.6. The summed E-state index contributed by atoms with van der Waals surface area (Å²) in [5.74, 6) is 3.17. The highest BCUT2D eigenvalue weighted by molar-refractivity contribution is 6.09. The standard InChI is InChI=1S/C33H34O3/c1-5-23-11-9-13-31(29(23)7-3)35-27-19-15-25(16-20-27)33(34)26-17-21-28(22-18-26)36-32-14-10-12-24(6-2)30(32)8-4/h9-22H,5-8H2,1-4H3. The highest BCUT2D eigenvalue weighted by Crippen LogP contribution is 2.31. The Morgan fingerprint density at radius 2 is 0.917 bits per heavy atom. The van der Waals surface area contributed by atoms with Crippen molar-refractivity contribution >= 4 is 5.78 Å².